The summed E-state index contributed by atoms with van der Waals surface area (Å²) in [7, 11) is 0. The molecule has 3 heterocycles. The van der Waals surface area contributed by atoms with Gasteiger partial charge in [-0.3, -0.25) is 4.79 Å². The van der Waals surface area contributed by atoms with Crippen molar-refractivity contribution in [3.05, 3.63) is 40.3 Å². The summed E-state index contributed by atoms with van der Waals surface area (Å²) in [4.78, 5) is 14.5. The number of hydrazone groups is 1. The third-order valence-electron chi connectivity index (χ3n) is 3.13. The predicted octanol–water partition coefficient (Wildman–Crippen LogP) is 2.71. The maximum atomic E-state index is 11.7. The molecular formula is C14H15N3O2S. The van der Waals surface area contributed by atoms with E-state index in [9.17, 15) is 4.79 Å². The van der Waals surface area contributed by atoms with E-state index < -0.39 is 0 Å². The van der Waals surface area contributed by atoms with Gasteiger partial charge < -0.3 is 9.32 Å². The molecule has 3 rings (SSSR count). The molecule has 1 fully saturated rings. The molecule has 0 aromatic carbocycles. The third-order valence-corrected chi connectivity index (χ3v) is 4.00. The molecule has 0 aliphatic carbocycles. The zero-order chi connectivity index (χ0) is 13.8. The van der Waals surface area contributed by atoms with Crippen LogP contribution in [-0.2, 0) is 0 Å². The highest BCUT2D eigenvalue weighted by atomic mass is 32.1. The summed E-state index contributed by atoms with van der Waals surface area (Å²) in [6.07, 6.45) is 3.94. The van der Waals surface area contributed by atoms with Gasteiger partial charge in [-0.1, -0.05) is 6.07 Å². The van der Waals surface area contributed by atoms with Gasteiger partial charge in [0.25, 0.3) is 5.91 Å². The van der Waals surface area contributed by atoms with Gasteiger partial charge in [0.1, 0.15) is 5.76 Å². The molecule has 2 aromatic heterocycles. The fourth-order valence-corrected chi connectivity index (χ4v) is 2.75. The van der Waals surface area contributed by atoms with Gasteiger partial charge in [-0.05, 0) is 30.4 Å². The number of nitrogens with zero attached hydrogens (tertiary/aromatic N) is 2. The van der Waals surface area contributed by atoms with Crippen molar-refractivity contribution in [3.8, 4) is 0 Å². The summed E-state index contributed by atoms with van der Waals surface area (Å²) in [5.41, 5.74) is 2.48. The fraction of sp³-hybridized carbons (Fsp3) is 0.286. The standard InChI is InChI=1S/C14H15N3O2S/c18-14(12-4-3-9-20-12)16-15-10-11-5-6-13(19-11)17-7-1-2-8-17/h3-6,9-10H,1-2,7-8H2,(H,16,18)/b15-10+. The summed E-state index contributed by atoms with van der Waals surface area (Å²) in [6, 6.07) is 7.38. The summed E-state index contributed by atoms with van der Waals surface area (Å²) in [6.45, 7) is 2.08. The van der Waals surface area contributed by atoms with Crippen LogP contribution in [0.5, 0.6) is 0 Å². The smallest absolute Gasteiger partial charge is 0.281 e. The number of carbonyl (C=O) groups excluding carboxylic acids is 1. The molecule has 1 amide bonds. The highest BCUT2D eigenvalue weighted by molar-refractivity contribution is 7.12. The van der Waals surface area contributed by atoms with Crippen molar-refractivity contribution in [1.29, 1.82) is 0 Å². The maximum absolute atomic E-state index is 11.7. The lowest BCUT2D eigenvalue weighted by atomic mass is 10.4. The second kappa shape index (κ2) is 5.92. The molecule has 0 radical (unpaired) electrons. The fourth-order valence-electron chi connectivity index (χ4n) is 2.14. The van der Waals surface area contributed by atoms with E-state index in [-0.39, 0.29) is 5.91 Å². The Balaban J connectivity index is 1.57. The first-order valence-electron chi connectivity index (χ1n) is 6.54. The zero-order valence-electron chi connectivity index (χ0n) is 10.9. The van der Waals surface area contributed by atoms with Gasteiger partial charge in [0, 0.05) is 19.2 Å². The monoisotopic (exact) mass is 289 g/mol. The molecule has 0 spiro atoms. The minimum atomic E-state index is -0.206. The quantitative estimate of drug-likeness (QED) is 0.695. The Morgan fingerprint density at radius 1 is 1.35 bits per heavy atom. The zero-order valence-corrected chi connectivity index (χ0v) is 11.7. The van der Waals surface area contributed by atoms with Crippen LogP contribution in [0, 0.1) is 0 Å². The topological polar surface area (TPSA) is 57.8 Å². The molecule has 0 bridgehead atoms. The molecule has 1 N–H and O–H groups in total. The Morgan fingerprint density at radius 3 is 2.95 bits per heavy atom. The first-order chi connectivity index (χ1) is 9.83. The lowest BCUT2D eigenvalue weighted by Gasteiger charge is -2.12. The van der Waals surface area contributed by atoms with Crippen LogP contribution in [0.1, 0.15) is 28.3 Å². The number of carbonyl (C=O) groups is 1. The lowest BCUT2D eigenvalue weighted by molar-refractivity contribution is 0.0959. The van der Waals surface area contributed by atoms with Crippen molar-refractivity contribution in [1.82, 2.24) is 5.43 Å². The highest BCUT2D eigenvalue weighted by Gasteiger charge is 2.15. The van der Waals surface area contributed by atoms with Gasteiger partial charge in [-0.2, -0.15) is 5.10 Å². The maximum Gasteiger partial charge on any atom is 0.281 e. The van der Waals surface area contributed by atoms with E-state index in [1.807, 2.05) is 23.6 Å². The molecule has 5 nitrogen and oxygen atoms in total. The Morgan fingerprint density at radius 2 is 2.20 bits per heavy atom. The van der Waals surface area contributed by atoms with Gasteiger partial charge in [0.2, 0.25) is 0 Å². The van der Waals surface area contributed by atoms with Gasteiger partial charge in [0.15, 0.2) is 5.88 Å². The van der Waals surface area contributed by atoms with E-state index >= 15 is 0 Å². The highest BCUT2D eigenvalue weighted by Crippen LogP contribution is 2.21. The van der Waals surface area contributed by atoms with Crippen LogP contribution < -0.4 is 10.3 Å². The Hall–Kier alpha value is -2.08. The van der Waals surface area contributed by atoms with Crippen LogP contribution in [0.2, 0.25) is 0 Å². The average molecular weight is 289 g/mol. The predicted molar refractivity (Wildman–Crippen MR) is 79.5 cm³/mol. The SMILES string of the molecule is O=C(N/N=C/c1ccc(N2CCCC2)o1)c1cccs1. The van der Waals surface area contributed by atoms with Crippen molar-refractivity contribution in [3.63, 3.8) is 0 Å². The largest absolute Gasteiger partial charge is 0.440 e. The van der Waals surface area contributed by atoms with E-state index in [1.54, 1.807) is 6.07 Å². The number of thiophene rings is 1. The normalized spacial score (nSPS) is 15.1. The van der Waals surface area contributed by atoms with Crippen LogP contribution in [0.3, 0.4) is 0 Å². The molecule has 1 aliphatic heterocycles. The molecule has 1 saturated heterocycles. The van der Waals surface area contributed by atoms with Crippen molar-refractivity contribution in [2.45, 2.75) is 12.8 Å². The Kier molecular flexibility index (Phi) is 3.83. The molecule has 6 heteroatoms. The summed E-state index contributed by atoms with van der Waals surface area (Å²) >= 11 is 1.38. The van der Waals surface area contributed by atoms with E-state index in [2.05, 4.69) is 15.4 Å². The van der Waals surface area contributed by atoms with Crippen molar-refractivity contribution < 1.29 is 9.21 Å². The molecule has 0 unspecified atom stereocenters. The van der Waals surface area contributed by atoms with E-state index in [1.165, 1.54) is 30.4 Å². The number of hydrogen-bond donors (Lipinski definition) is 1. The molecule has 0 saturated carbocycles. The van der Waals surface area contributed by atoms with E-state index in [0.717, 1.165) is 19.0 Å². The second-order valence-corrected chi connectivity index (χ2v) is 5.49. The number of hydrogen-bond acceptors (Lipinski definition) is 5. The van der Waals surface area contributed by atoms with Crippen molar-refractivity contribution >= 4 is 29.3 Å². The van der Waals surface area contributed by atoms with E-state index in [0.29, 0.717) is 10.6 Å². The van der Waals surface area contributed by atoms with Crippen LogP contribution in [0.25, 0.3) is 0 Å². The molecular weight excluding hydrogens is 274 g/mol. The summed E-state index contributed by atoms with van der Waals surface area (Å²) in [5.74, 6) is 1.30. The second-order valence-electron chi connectivity index (χ2n) is 4.55. The minimum absolute atomic E-state index is 0.206. The summed E-state index contributed by atoms with van der Waals surface area (Å²) in [5, 5.41) is 5.76. The molecule has 2 aromatic rings. The van der Waals surface area contributed by atoms with Crippen LogP contribution in [0.15, 0.2) is 39.2 Å². The first-order valence-corrected chi connectivity index (χ1v) is 7.42. The first kappa shape index (κ1) is 12.9. The molecule has 1 aliphatic rings. The van der Waals surface area contributed by atoms with E-state index in [4.69, 9.17) is 4.42 Å². The van der Waals surface area contributed by atoms with Gasteiger partial charge in [-0.15, -0.1) is 11.3 Å². The molecule has 104 valence electrons. The molecule has 0 atom stereocenters. The number of rotatable bonds is 4. The van der Waals surface area contributed by atoms with Gasteiger partial charge >= 0.3 is 0 Å². The van der Waals surface area contributed by atoms with Gasteiger partial charge in [0.05, 0.1) is 11.1 Å². The number of furan rings is 1. The summed E-state index contributed by atoms with van der Waals surface area (Å²) < 4.78 is 5.67. The number of amides is 1. The minimum Gasteiger partial charge on any atom is -0.440 e. The Bertz CT molecular complexity index is 598. The van der Waals surface area contributed by atoms with Crippen LogP contribution in [0.4, 0.5) is 5.88 Å². The van der Waals surface area contributed by atoms with Crippen LogP contribution in [-0.4, -0.2) is 25.2 Å². The lowest BCUT2D eigenvalue weighted by Crippen LogP contribution is -2.16. The average Bonchev–Trinajstić information content (AvgIpc) is 3.20. The Labute approximate surface area is 120 Å². The van der Waals surface area contributed by atoms with Crippen LogP contribution >= 0.6 is 11.3 Å². The third kappa shape index (κ3) is 2.91. The van der Waals surface area contributed by atoms with Gasteiger partial charge in [-0.25, -0.2) is 5.43 Å². The van der Waals surface area contributed by atoms with Crippen molar-refractivity contribution in [2.75, 3.05) is 18.0 Å². The van der Waals surface area contributed by atoms with Crippen molar-refractivity contribution in [2.24, 2.45) is 5.10 Å². The molecule has 20 heavy (non-hydrogen) atoms. The number of nitrogens with one attached hydrogen (secondary N) is 1. The number of anilines is 1.